The Morgan fingerprint density at radius 3 is 2.46 bits per heavy atom. The maximum absolute atomic E-state index is 3.80. The summed E-state index contributed by atoms with van der Waals surface area (Å²) in [7, 11) is 0. The largest absolute Gasteiger partial charge is 0.339 e. The van der Waals surface area contributed by atoms with Crippen molar-refractivity contribution in [3.05, 3.63) is 45.3 Å². The third-order valence-electron chi connectivity index (χ3n) is 4.41. The van der Waals surface area contributed by atoms with Crippen LogP contribution in [-0.4, -0.2) is 6.54 Å². The van der Waals surface area contributed by atoms with Gasteiger partial charge in [0.25, 0.3) is 0 Å². The van der Waals surface area contributed by atoms with E-state index in [0.717, 1.165) is 15.5 Å². The Kier molecular flexibility index (Phi) is 6.71. The summed E-state index contributed by atoms with van der Waals surface area (Å²) in [5.74, 6) is 0. The van der Waals surface area contributed by atoms with Crippen molar-refractivity contribution in [2.45, 2.75) is 55.2 Å². The van der Waals surface area contributed by atoms with Crippen molar-refractivity contribution in [1.82, 2.24) is 0 Å². The number of hydrogen-bond acceptors (Lipinski definition) is 2. The average Bonchev–Trinajstić information content (AvgIpc) is 2.60. The second kappa shape index (κ2) is 8.77. The second-order valence-corrected chi connectivity index (χ2v) is 8.93. The van der Waals surface area contributed by atoms with Crippen molar-refractivity contribution in [3.8, 4) is 0 Å². The van der Waals surface area contributed by atoms with Crippen LogP contribution in [0.15, 0.2) is 55.1 Å². The average molecular weight is 469 g/mol. The van der Waals surface area contributed by atoms with Crippen LogP contribution in [0.4, 0.5) is 11.4 Å². The molecule has 0 amide bonds. The van der Waals surface area contributed by atoms with Crippen molar-refractivity contribution in [2.75, 3.05) is 11.4 Å². The summed E-state index contributed by atoms with van der Waals surface area (Å²) in [6.07, 6.45) is 7.95. The predicted octanol–water partition coefficient (Wildman–Crippen LogP) is 8.17. The molecule has 2 aromatic carbocycles. The van der Waals surface area contributed by atoms with Crippen LogP contribution in [-0.2, 0) is 0 Å². The molecule has 0 aromatic heterocycles. The van der Waals surface area contributed by atoms with Crippen molar-refractivity contribution in [1.29, 1.82) is 0 Å². The van der Waals surface area contributed by atoms with E-state index in [-0.39, 0.29) is 0 Å². The number of halogens is 2. The van der Waals surface area contributed by atoms with Crippen LogP contribution in [0.1, 0.15) is 45.4 Å². The molecule has 1 nitrogen and oxygen atoms in total. The molecular weight excluding hydrogens is 446 g/mol. The van der Waals surface area contributed by atoms with E-state index in [4.69, 9.17) is 0 Å². The normalized spacial score (nSPS) is 12.9. The van der Waals surface area contributed by atoms with Crippen molar-refractivity contribution in [2.24, 2.45) is 0 Å². The van der Waals surface area contributed by atoms with E-state index >= 15 is 0 Å². The van der Waals surface area contributed by atoms with Gasteiger partial charge in [-0.15, -0.1) is 0 Å². The smallest absolute Gasteiger partial charge is 0.0708 e. The Hall–Kier alpha value is -0.450. The zero-order valence-electron chi connectivity index (χ0n) is 14.0. The van der Waals surface area contributed by atoms with E-state index in [1.165, 1.54) is 59.7 Å². The molecule has 0 fully saturated rings. The van der Waals surface area contributed by atoms with Gasteiger partial charge in [-0.3, -0.25) is 0 Å². The number of hydrogen-bond donors (Lipinski definition) is 0. The van der Waals surface area contributed by atoms with E-state index < -0.39 is 0 Å². The van der Waals surface area contributed by atoms with Gasteiger partial charge in [0.05, 0.1) is 15.8 Å². The highest BCUT2D eigenvalue weighted by Crippen LogP contribution is 2.52. The number of nitrogens with zero attached hydrogens (tertiary/aromatic N) is 1. The molecule has 0 saturated heterocycles. The Labute approximate surface area is 166 Å². The van der Waals surface area contributed by atoms with Crippen LogP contribution in [0.25, 0.3) is 0 Å². The first-order valence-electron chi connectivity index (χ1n) is 8.74. The Morgan fingerprint density at radius 2 is 1.62 bits per heavy atom. The Bertz CT molecular complexity index is 702. The highest BCUT2D eigenvalue weighted by atomic mass is 79.9. The second-order valence-electron chi connectivity index (χ2n) is 6.20. The summed E-state index contributed by atoms with van der Waals surface area (Å²) < 4.78 is 2.28. The van der Waals surface area contributed by atoms with Crippen LogP contribution in [0.2, 0.25) is 0 Å². The van der Waals surface area contributed by atoms with Gasteiger partial charge in [-0.05, 0) is 62.5 Å². The van der Waals surface area contributed by atoms with Gasteiger partial charge < -0.3 is 4.90 Å². The minimum absolute atomic E-state index is 1.08. The molecule has 0 atom stereocenters. The Balaban J connectivity index is 1.81. The van der Waals surface area contributed by atoms with Crippen LogP contribution in [0.5, 0.6) is 0 Å². The SMILES string of the molecule is CCCCCCCCN1c2ccccc2Sc2ccc(Br)c(Br)c21. The molecule has 24 heavy (non-hydrogen) atoms. The molecule has 0 radical (unpaired) electrons. The number of unbranched alkanes of at least 4 members (excludes halogenated alkanes) is 5. The molecular formula is C20H23Br2NS. The highest BCUT2D eigenvalue weighted by molar-refractivity contribution is 9.13. The van der Waals surface area contributed by atoms with Gasteiger partial charge in [0.2, 0.25) is 0 Å². The van der Waals surface area contributed by atoms with Gasteiger partial charge in [0, 0.05) is 20.8 Å². The van der Waals surface area contributed by atoms with Crippen LogP contribution in [0.3, 0.4) is 0 Å². The summed E-state index contributed by atoms with van der Waals surface area (Å²) in [5, 5.41) is 0. The lowest BCUT2D eigenvalue weighted by Crippen LogP contribution is -2.22. The molecule has 0 spiro atoms. The molecule has 0 saturated carbocycles. The van der Waals surface area contributed by atoms with Gasteiger partial charge >= 0.3 is 0 Å². The number of rotatable bonds is 7. The van der Waals surface area contributed by atoms with Crippen LogP contribution < -0.4 is 4.90 Å². The third-order valence-corrected chi connectivity index (χ3v) is 7.52. The molecule has 2 aromatic rings. The van der Waals surface area contributed by atoms with Gasteiger partial charge in [-0.2, -0.15) is 0 Å². The monoisotopic (exact) mass is 467 g/mol. The standard InChI is InChI=1S/C20H23Br2NS/c1-2-3-4-5-6-9-14-23-16-10-7-8-11-17(16)24-18-13-12-15(21)19(22)20(18)23/h7-8,10-13H,2-6,9,14H2,1H3. The number of benzene rings is 2. The first kappa shape index (κ1) is 18.3. The van der Waals surface area contributed by atoms with Crippen molar-refractivity contribution in [3.63, 3.8) is 0 Å². The quantitative estimate of drug-likeness (QED) is 0.377. The maximum Gasteiger partial charge on any atom is 0.0708 e. The molecule has 4 heteroatoms. The number of anilines is 2. The topological polar surface area (TPSA) is 3.24 Å². The fraction of sp³-hybridized carbons (Fsp3) is 0.400. The molecule has 128 valence electrons. The zero-order chi connectivity index (χ0) is 16.9. The lowest BCUT2D eigenvalue weighted by Gasteiger charge is -2.34. The number of fused-ring (bicyclic) bond motifs is 2. The lowest BCUT2D eigenvalue weighted by atomic mass is 10.1. The Morgan fingerprint density at radius 1 is 0.875 bits per heavy atom. The molecule has 1 aliphatic heterocycles. The zero-order valence-corrected chi connectivity index (χ0v) is 18.0. The van der Waals surface area contributed by atoms with E-state index in [1.807, 2.05) is 11.8 Å². The molecule has 0 bridgehead atoms. The lowest BCUT2D eigenvalue weighted by molar-refractivity contribution is 0.608. The van der Waals surface area contributed by atoms with Crippen LogP contribution >= 0.6 is 43.6 Å². The highest BCUT2D eigenvalue weighted by Gasteiger charge is 2.25. The maximum atomic E-state index is 3.80. The van der Waals surface area contributed by atoms with E-state index in [9.17, 15) is 0 Å². The number of para-hydroxylation sites is 1. The van der Waals surface area contributed by atoms with Gasteiger partial charge in [0.15, 0.2) is 0 Å². The van der Waals surface area contributed by atoms with Crippen molar-refractivity contribution < 1.29 is 0 Å². The first-order chi connectivity index (χ1) is 11.7. The molecule has 1 aliphatic rings. The van der Waals surface area contributed by atoms with E-state index in [1.54, 1.807) is 0 Å². The molecule has 3 rings (SSSR count). The molecule has 0 unspecified atom stereocenters. The van der Waals surface area contributed by atoms with Crippen molar-refractivity contribution >= 4 is 55.0 Å². The molecule has 1 heterocycles. The molecule has 0 N–H and O–H groups in total. The van der Waals surface area contributed by atoms with Gasteiger partial charge in [-0.1, -0.05) is 62.9 Å². The third kappa shape index (κ3) is 4.03. The minimum Gasteiger partial charge on any atom is -0.339 e. The van der Waals surface area contributed by atoms with E-state index in [2.05, 4.69) is 80.1 Å². The fourth-order valence-electron chi connectivity index (χ4n) is 3.14. The fourth-order valence-corrected chi connectivity index (χ4v) is 5.27. The molecule has 0 aliphatic carbocycles. The van der Waals surface area contributed by atoms with Gasteiger partial charge in [-0.25, -0.2) is 0 Å². The summed E-state index contributed by atoms with van der Waals surface area (Å²) in [6.45, 7) is 3.35. The predicted molar refractivity (Wildman–Crippen MR) is 113 cm³/mol. The first-order valence-corrected chi connectivity index (χ1v) is 11.1. The summed E-state index contributed by atoms with van der Waals surface area (Å²) >= 11 is 9.34. The summed E-state index contributed by atoms with van der Waals surface area (Å²) in [4.78, 5) is 5.18. The van der Waals surface area contributed by atoms with Gasteiger partial charge in [0.1, 0.15) is 0 Å². The summed E-state index contributed by atoms with van der Waals surface area (Å²) in [5.41, 5.74) is 2.64. The minimum atomic E-state index is 1.08. The van der Waals surface area contributed by atoms with Crippen LogP contribution in [0, 0.1) is 0 Å². The summed E-state index contributed by atoms with van der Waals surface area (Å²) in [6, 6.07) is 13.1. The van der Waals surface area contributed by atoms with E-state index in [0.29, 0.717) is 0 Å².